The first-order valence-corrected chi connectivity index (χ1v) is 5.43. The van der Waals surface area contributed by atoms with Crippen molar-refractivity contribution in [2.45, 2.75) is 19.3 Å². The summed E-state index contributed by atoms with van der Waals surface area (Å²) >= 11 is 0. The average molecular weight is 216 g/mol. The molecular weight excluding hydrogens is 204 g/mol. The lowest BCUT2D eigenvalue weighted by molar-refractivity contribution is 0.373. The summed E-state index contributed by atoms with van der Waals surface area (Å²) in [5.74, 6) is 2.19. The highest BCUT2D eigenvalue weighted by Crippen LogP contribution is 2.32. The molecule has 0 amide bonds. The van der Waals surface area contributed by atoms with Crippen molar-refractivity contribution >= 4 is 0 Å². The maximum Gasteiger partial charge on any atom is 0.227 e. The van der Waals surface area contributed by atoms with Crippen molar-refractivity contribution in [3.63, 3.8) is 0 Å². The first kappa shape index (κ1) is 9.39. The van der Waals surface area contributed by atoms with Crippen molar-refractivity contribution in [3.8, 4) is 17.1 Å². The topological polar surface area (TPSA) is 59.2 Å². The second-order valence-corrected chi connectivity index (χ2v) is 4.21. The van der Waals surface area contributed by atoms with Gasteiger partial charge in [-0.3, -0.25) is 0 Å². The minimum absolute atomic E-state index is 0.214. The molecule has 3 rings (SSSR count). The summed E-state index contributed by atoms with van der Waals surface area (Å²) in [5, 5.41) is 13.3. The van der Waals surface area contributed by atoms with Crippen molar-refractivity contribution in [1.29, 1.82) is 0 Å². The maximum atomic E-state index is 9.35. The maximum absolute atomic E-state index is 9.35. The van der Waals surface area contributed by atoms with E-state index in [0.29, 0.717) is 11.7 Å². The molecule has 0 aliphatic heterocycles. The fourth-order valence-electron chi connectivity index (χ4n) is 1.67. The Morgan fingerprint density at radius 3 is 3.00 bits per heavy atom. The molecule has 1 aromatic heterocycles. The van der Waals surface area contributed by atoms with Gasteiger partial charge < -0.3 is 9.63 Å². The van der Waals surface area contributed by atoms with Gasteiger partial charge >= 0.3 is 0 Å². The predicted octanol–water partition coefficient (Wildman–Crippen LogP) is 2.39. The minimum atomic E-state index is 0.214. The Labute approximate surface area is 92.9 Å². The van der Waals surface area contributed by atoms with Crippen molar-refractivity contribution in [2.24, 2.45) is 5.92 Å². The summed E-state index contributed by atoms with van der Waals surface area (Å²) in [5.41, 5.74) is 0.783. The van der Waals surface area contributed by atoms with E-state index in [0.717, 1.165) is 17.9 Å². The van der Waals surface area contributed by atoms with Crippen LogP contribution in [0.2, 0.25) is 0 Å². The SMILES string of the molecule is Oc1cccc(-c2noc(CC3CC3)n2)c1. The Hall–Kier alpha value is -1.84. The predicted molar refractivity (Wildman–Crippen MR) is 57.8 cm³/mol. The van der Waals surface area contributed by atoms with Gasteiger partial charge in [-0.15, -0.1) is 0 Å². The van der Waals surface area contributed by atoms with E-state index in [1.165, 1.54) is 12.8 Å². The normalized spacial score (nSPS) is 15.2. The monoisotopic (exact) mass is 216 g/mol. The van der Waals surface area contributed by atoms with Crippen LogP contribution in [0.3, 0.4) is 0 Å². The molecule has 4 nitrogen and oxygen atoms in total. The largest absolute Gasteiger partial charge is 0.508 e. The summed E-state index contributed by atoms with van der Waals surface area (Å²) in [6, 6.07) is 6.87. The Bertz CT molecular complexity index is 503. The van der Waals surface area contributed by atoms with Crippen LogP contribution in [0.1, 0.15) is 18.7 Å². The van der Waals surface area contributed by atoms with E-state index in [1.54, 1.807) is 18.2 Å². The number of hydrogen-bond acceptors (Lipinski definition) is 4. The van der Waals surface area contributed by atoms with Crippen LogP contribution >= 0.6 is 0 Å². The van der Waals surface area contributed by atoms with Crippen LogP contribution in [-0.4, -0.2) is 15.2 Å². The molecule has 1 aliphatic carbocycles. The number of aromatic hydroxyl groups is 1. The molecule has 0 atom stereocenters. The standard InChI is InChI=1S/C12H12N2O2/c15-10-3-1-2-9(7-10)12-13-11(16-14-12)6-8-4-5-8/h1-3,7-8,15H,4-6H2. The second kappa shape index (κ2) is 3.63. The number of benzene rings is 1. The highest BCUT2D eigenvalue weighted by atomic mass is 16.5. The van der Waals surface area contributed by atoms with Gasteiger partial charge in [0.2, 0.25) is 11.7 Å². The first-order chi connectivity index (χ1) is 7.81. The average Bonchev–Trinajstić information content (AvgIpc) is 2.94. The lowest BCUT2D eigenvalue weighted by atomic mass is 10.2. The highest BCUT2D eigenvalue weighted by Gasteiger charge is 2.24. The molecule has 0 radical (unpaired) electrons. The summed E-state index contributed by atoms with van der Waals surface area (Å²) in [7, 11) is 0. The molecule has 0 spiro atoms. The van der Waals surface area contributed by atoms with Crippen LogP contribution in [-0.2, 0) is 6.42 Å². The number of phenolic OH excluding ortho intramolecular Hbond substituents is 1. The lowest BCUT2D eigenvalue weighted by Gasteiger charge is -1.94. The summed E-state index contributed by atoms with van der Waals surface area (Å²) < 4.78 is 5.17. The third kappa shape index (κ3) is 1.91. The van der Waals surface area contributed by atoms with E-state index >= 15 is 0 Å². The number of nitrogens with zero attached hydrogens (tertiary/aromatic N) is 2. The van der Waals surface area contributed by atoms with Gasteiger partial charge in [-0.2, -0.15) is 4.98 Å². The Morgan fingerprint density at radius 1 is 1.38 bits per heavy atom. The molecule has 16 heavy (non-hydrogen) atoms. The molecule has 1 saturated carbocycles. The third-order valence-electron chi connectivity index (χ3n) is 2.73. The zero-order chi connectivity index (χ0) is 11.0. The van der Waals surface area contributed by atoms with Crippen LogP contribution < -0.4 is 0 Å². The van der Waals surface area contributed by atoms with Crippen molar-refractivity contribution in [3.05, 3.63) is 30.2 Å². The van der Waals surface area contributed by atoms with Crippen LogP contribution in [0.5, 0.6) is 5.75 Å². The molecule has 0 saturated heterocycles. The fraction of sp³-hybridized carbons (Fsp3) is 0.333. The van der Waals surface area contributed by atoms with Crippen LogP contribution in [0.25, 0.3) is 11.4 Å². The number of phenols is 1. The van der Waals surface area contributed by atoms with Gasteiger partial charge in [-0.05, 0) is 30.9 Å². The minimum Gasteiger partial charge on any atom is -0.508 e. The third-order valence-corrected chi connectivity index (χ3v) is 2.73. The number of hydrogen-bond donors (Lipinski definition) is 1. The molecule has 82 valence electrons. The van der Waals surface area contributed by atoms with E-state index in [1.807, 2.05) is 6.07 Å². The molecule has 1 N–H and O–H groups in total. The Kier molecular flexibility index (Phi) is 2.13. The van der Waals surface area contributed by atoms with Crippen molar-refractivity contribution in [1.82, 2.24) is 10.1 Å². The fourth-order valence-corrected chi connectivity index (χ4v) is 1.67. The van der Waals surface area contributed by atoms with E-state index in [9.17, 15) is 5.11 Å². The zero-order valence-electron chi connectivity index (χ0n) is 8.76. The molecule has 4 heteroatoms. The molecule has 1 heterocycles. The molecule has 1 aliphatic rings. The van der Waals surface area contributed by atoms with Gasteiger partial charge in [0.25, 0.3) is 0 Å². The Morgan fingerprint density at radius 2 is 2.25 bits per heavy atom. The van der Waals surface area contributed by atoms with Gasteiger partial charge in [0.05, 0.1) is 0 Å². The van der Waals surface area contributed by atoms with Crippen LogP contribution in [0, 0.1) is 5.92 Å². The second-order valence-electron chi connectivity index (χ2n) is 4.21. The molecule has 0 unspecified atom stereocenters. The smallest absolute Gasteiger partial charge is 0.227 e. The Balaban J connectivity index is 1.85. The summed E-state index contributed by atoms with van der Waals surface area (Å²) in [4.78, 5) is 4.31. The molecule has 0 bridgehead atoms. The summed E-state index contributed by atoms with van der Waals surface area (Å²) in [6.07, 6.45) is 3.42. The van der Waals surface area contributed by atoms with Crippen molar-refractivity contribution in [2.75, 3.05) is 0 Å². The van der Waals surface area contributed by atoms with Crippen molar-refractivity contribution < 1.29 is 9.63 Å². The quantitative estimate of drug-likeness (QED) is 0.855. The first-order valence-electron chi connectivity index (χ1n) is 5.43. The van der Waals surface area contributed by atoms with E-state index < -0.39 is 0 Å². The van der Waals surface area contributed by atoms with Gasteiger partial charge in [-0.25, -0.2) is 0 Å². The number of aromatic nitrogens is 2. The molecule has 1 fully saturated rings. The van der Waals surface area contributed by atoms with Crippen LogP contribution in [0.15, 0.2) is 28.8 Å². The molecule has 2 aromatic rings. The molecule has 1 aromatic carbocycles. The van der Waals surface area contributed by atoms with Gasteiger partial charge in [-0.1, -0.05) is 17.3 Å². The van der Waals surface area contributed by atoms with Crippen LogP contribution in [0.4, 0.5) is 0 Å². The van der Waals surface area contributed by atoms with E-state index in [2.05, 4.69) is 10.1 Å². The van der Waals surface area contributed by atoms with E-state index in [4.69, 9.17) is 4.52 Å². The highest BCUT2D eigenvalue weighted by molar-refractivity contribution is 5.56. The molecular formula is C12H12N2O2. The summed E-state index contributed by atoms with van der Waals surface area (Å²) in [6.45, 7) is 0. The van der Waals surface area contributed by atoms with E-state index in [-0.39, 0.29) is 5.75 Å². The van der Waals surface area contributed by atoms with Gasteiger partial charge in [0.1, 0.15) is 5.75 Å². The lowest BCUT2D eigenvalue weighted by Crippen LogP contribution is -1.86. The number of rotatable bonds is 3. The zero-order valence-corrected chi connectivity index (χ0v) is 8.76. The van der Waals surface area contributed by atoms with Gasteiger partial charge in [0.15, 0.2) is 0 Å². The van der Waals surface area contributed by atoms with Gasteiger partial charge in [0, 0.05) is 12.0 Å².